The summed E-state index contributed by atoms with van der Waals surface area (Å²) in [6.07, 6.45) is 0. The van der Waals surface area contributed by atoms with E-state index in [0.717, 1.165) is 5.69 Å². The Hall–Kier alpha value is -2.09. The number of anilines is 1. The standard InChI is InChI=1S/C13H18N4O/c1-9(2)15-12(18)8-17(4)13-11(7-14)6-5-10(3)16-13/h5-6,9H,8H2,1-4H3,(H,15,18). The third kappa shape index (κ3) is 3.74. The average molecular weight is 246 g/mol. The molecule has 1 N–H and O–H groups in total. The van der Waals surface area contributed by atoms with Crippen LogP contribution in [-0.4, -0.2) is 30.5 Å². The van der Waals surface area contributed by atoms with Gasteiger partial charge in [0.05, 0.1) is 12.1 Å². The molecule has 0 spiro atoms. The molecule has 1 heterocycles. The van der Waals surface area contributed by atoms with Crippen molar-refractivity contribution in [3.05, 3.63) is 23.4 Å². The number of hydrogen-bond donors (Lipinski definition) is 1. The Balaban J connectivity index is 2.84. The summed E-state index contributed by atoms with van der Waals surface area (Å²) >= 11 is 0. The first-order valence-electron chi connectivity index (χ1n) is 5.82. The van der Waals surface area contributed by atoms with E-state index in [9.17, 15) is 4.79 Å². The van der Waals surface area contributed by atoms with E-state index in [2.05, 4.69) is 16.4 Å². The van der Waals surface area contributed by atoms with Gasteiger partial charge in [0.2, 0.25) is 5.91 Å². The molecule has 0 aliphatic carbocycles. The molecule has 0 radical (unpaired) electrons. The van der Waals surface area contributed by atoms with E-state index in [1.165, 1.54) is 0 Å². The summed E-state index contributed by atoms with van der Waals surface area (Å²) < 4.78 is 0. The third-order valence-corrected chi connectivity index (χ3v) is 2.33. The van der Waals surface area contributed by atoms with E-state index in [1.54, 1.807) is 24.1 Å². The summed E-state index contributed by atoms with van der Waals surface area (Å²) in [5, 5.41) is 11.8. The molecular formula is C13H18N4O. The van der Waals surface area contributed by atoms with Crippen molar-refractivity contribution in [2.24, 2.45) is 0 Å². The van der Waals surface area contributed by atoms with Gasteiger partial charge in [-0.05, 0) is 32.9 Å². The number of nitrogens with zero attached hydrogens (tertiary/aromatic N) is 3. The monoisotopic (exact) mass is 246 g/mol. The lowest BCUT2D eigenvalue weighted by Crippen LogP contribution is -2.39. The molecule has 0 unspecified atom stereocenters. The predicted octanol–water partition coefficient (Wildman–Crippen LogP) is 1.22. The van der Waals surface area contributed by atoms with Gasteiger partial charge >= 0.3 is 0 Å². The minimum Gasteiger partial charge on any atom is -0.352 e. The number of hydrogen-bond acceptors (Lipinski definition) is 4. The second-order valence-corrected chi connectivity index (χ2v) is 4.51. The molecule has 1 amide bonds. The topological polar surface area (TPSA) is 69.0 Å². The summed E-state index contributed by atoms with van der Waals surface area (Å²) in [6, 6.07) is 5.68. The molecule has 1 aromatic heterocycles. The van der Waals surface area contributed by atoms with Crippen LogP contribution < -0.4 is 10.2 Å². The van der Waals surface area contributed by atoms with Crippen LogP contribution in [0.1, 0.15) is 25.1 Å². The number of nitrogens with one attached hydrogen (secondary N) is 1. The van der Waals surface area contributed by atoms with Crippen LogP contribution in [0.3, 0.4) is 0 Å². The highest BCUT2D eigenvalue weighted by Crippen LogP contribution is 2.15. The minimum atomic E-state index is -0.0836. The van der Waals surface area contributed by atoms with Gasteiger partial charge in [-0.3, -0.25) is 4.79 Å². The molecule has 0 aliphatic rings. The van der Waals surface area contributed by atoms with Crippen LogP contribution in [0.2, 0.25) is 0 Å². The van der Waals surface area contributed by atoms with Gasteiger partial charge in [0.15, 0.2) is 0 Å². The first-order valence-corrected chi connectivity index (χ1v) is 5.82. The Morgan fingerprint density at radius 1 is 1.56 bits per heavy atom. The second-order valence-electron chi connectivity index (χ2n) is 4.51. The van der Waals surface area contributed by atoms with Crippen LogP contribution >= 0.6 is 0 Å². The fraction of sp³-hybridized carbons (Fsp3) is 0.462. The van der Waals surface area contributed by atoms with E-state index in [4.69, 9.17) is 5.26 Å². The van der Waals surface area contributed by atoms with Crippen molar-refractivity contribution in [3.63, 3.8) is 0 Å². The van der Waals surface area contributed by atoms with Gasteiger partial charge in [-0.2, -0.15) is 5.26 Å². The summed E-state index contributed by atoms with van der Waals surface area (Å²) in [6.45, 7) is 5.85. The molecule has 1 rings (SSSR count). The maximum absolute atomic E-state index is 11.7. The summed E-state index contributed by atoms with van der Waals surface area (Å²) in [5.74, 6) is 0.455. The van der Waals surface area contributed by atoms with Crippen molar-refractivity contribution in [2.75, 3.05) is 18.5 Å². The second kappa shape index (κ2) is 6.01. The van der Waals surface area contributed by atoms with E-state index in [1.807, 2.05) is 20.8 Å². The van der Waals surface area contributed by atoms with Gasteiger partial charge < -0.3 is 10.2 Å². The lowest BCUT2D eigenvalue weighted by Gasteiger charge is -2.20. The molecule has 96 valence electrons. The quantitative estimate of drug-likeness (QED) is 0.867. The molecule has 1 aromatic rings. The van der Waals surface area contributed by atoms with Crippen LogP contribution in [-0.2, 0) is 4.79 Å². The molecule has 0 atom stereocenters. The fourth-order valence-corrected chi connectivity index (χ4v) is 1.58. The van der Waals surface area contributed by atoms with Gasteiger partial charge in [-0.1, -0.05) is 0 Å². The van der Waals surface area contributed by atoms with Crippen molar-refractivity contribution >= 4 is 11.7 Å². The highest BCUT2D eigenvalue weighted by molar-refractivity contribution is 5.81. The number of nitriles is 1. The maximum Gasteiger partial charge on any atom is 0.239 e. The van der Waals surface area contributed by atoms with Crippen molar-refractivity contribution in [2.45, 2.75) is 26.8 Å². The van der Waals surface area contributed by atoms with E-state index >= 15 is 0 Å². The summed E-state index contributed by atoms with van der Waals surface area (Å²) in [7, 11) is 1.75. The fourth-order valence-electron chi connectivity index (χ4n) is 1.58. The number of likely N-dealkylation sites (N-methyl/N-ethyl adjacent to an activating group) is 1. The van der Waals surface area contributed by atoms with Crippen molar-refractivity contribution in [3.8, 4) is 6.07 Å². The van der Waals surface area contributed by atoms with Gasteiger partial charge in [0.1, 0.15) is 11.9 Å². The first kappa shape index (κ1) is 14.0. The zero-order valence-corrected chi connectivity index (χ0v) is 11.2. The Kier molecular flexibility index (Phi) is 4.67. The molecule has 0 saturated carbocycles. The largest absolute Gasteiger partial charge is 0.352 e. The predicted molar refractivity (Wildman–Crippen MR) is 70.2 cm³/mol. The Bertz CT molecular complexity index is 476. The Morgan fingerprint density at radius 2 is 2.22 bits per heavy atom. The molecule has 0 aromatic carbocycles. The Morgan fingerprint density at radius 3 is 2.78 bits per heavy atom. The number of aromatic nitrogens is 1. The number of aryl methyl sites for hydroxylation is 1. The normalized spacial score (nSPS) is 10.0. The zero-order chi connectivity index (χ0) is 13.7. The molecule has 5 heteroatoms. The molecule has 0 fully saturated rings. The SMILES string of the molecule is Cc1ccc(C#N)c(N(C)CC(=O)NC(C)C)n1. The van der Waals surface area contributed by atoms with Crippen LogP contribution in [0.5, 0.6) is 0 Å². The lowest BCUT2D eigenvalue weighted by atomic mass is 10.2. The van der Waals surface area contributed by atoms with Crippen molar-refractivity contribution < 1.29 is 4.79 Å². The third-order valence-electron chi connectivity index (χ3n) is 2.33. The van der Waals surface area contributed by atoms with Gasteiger partial charge in [-0.15, -0.1) is 0 Å². The van der Waals surface area contributed by atoms with Crippen LogP contribution in [0, 0.1) is 18.3 Å². The number of amides is 1. The molecule has 0 aliphatic heterocycles. The first-order chi connectivity index (χ1) is 8.43. The Labute approximate surface area is 107 Å². The van der Waals surface area contributed by atoms with Gasteiger partial charge in [0, 0.05) is 18.8 Å². The molecule has 0 bridgehead atoms. The average Bonchev–Trinajstić information content (AvgIpc) is 2.27. The lowest BCUT2D eigenvalue weighted by molar-refractivity contribution is -0.120. The highest BCUT2D eigenvalue weighted by atomic mass is 16.2. The highest BCUT2D eigenvalue weighted by Gasteiger charge is 2.13. The van der Waals surface area contributed by atoms with Gasteiger partial charge in [-0.25, -0.2) is 4.98 Å². The summed E-state index contributed by atoms with van der Waals surface area (Å²) in [5.41, 5.74) is 1.29. The molecule has 0 saturated heterocycles. The molecular weight excluding hydrogens is 228 g/mol. The number of pyridine rings is 1. The van der Waals surface area contributed by atoms with Crippen LogP contribution in [0.15, 0.2) is 12.1 Å². The number of carbonyl (C=O) groups excluding carboxylic acids is 1. The minimum absolute atomic E-state index is 0.0836. The number of rotatable bonds is 4. The summed E-state index contributed by atoms with van der Waals surface area (Å²) in [4.78, 5) is 17.6. The van der Waals surface area contributed by atoms with E-state index in [0.29, 0.717) is 11.4 Å². The van der Waals surface area contributed by atoms with Crippen LogP contribution in [0.25, 0.3) is 0 Å². The van der Waals surface area contributed by atoms with Crippen LogP contribution in [0.4, 0.5) is 5.82 Å². The smallest absolute Gasteiger partial charge is 0.239 e. The van der Waals surface area contributed by atoms with Crippen molar-refractivity contribution in [1.82, 2.24) is 10.3 Å². The van der Waals surface area contributed by atoms with E-state index < -0.39 is 0 Å². The molecule has 18 heavy (non-hydrogen) atoms. The zero-order valence-electron chi connectivity index (χ0n) is 11.2. The maximum atomic E-state index is 11.7. The van der Waals surface area contributed by atoms with E-state index in [-0.39, 0.29) is 18.5 Å². The van der Waals surface area contributed by atoms with Gasteiger partial charge in [0.25, 0.3) is 0 Å². The number of carbonyl (C=O) groups is 1. The van der Waals surface area contributed by atoms with Crippen molar-refractivity contribution in [1.29, 1.82) is 5.26 Å². The molecule has 5 nitrogen and oxygen atoms in total.